The second-order valence-corrected chi connectivity index (χ2v) is 7.94. The molecule has 0 N–H and O–H groups in total. The van der Waals surface area contributed by atoms with Gasteiger partial charge in [0.2, 0.25) is 0 Å². The van der Waals surface area contributed by atoms with Gasteiger partial charge in [0.05, 0.1) is 17.5 Å². The predicted octanol–water partition coefficient (Wildman–Crippen LogP) is 1.17. The van der Waals surface area contributed by atoms with Crippen molar-refractivity contribution in [3.05, 3.63) is 12.7 Å². The van der Waals surface area contributed by atoms with Gasteiger partial charge in [-0.25, -0.2) is 8.42 Å². The highest BCUT2D eigenvalue weighted by Gasteiger charge is 2.42. The molecule has 1 fully saturated rings. The second-order valence-electron chi connectivity index (χ2n) is 3.30. The van der Waals surface area contributed by atoms with Gasteiger partial charge in [-0.3, -0.25) is 4.99 Å². The van der Waals surface area contributed by atoms with Crippen molar-refractivity contribution in [1.82, 2.24) is 0 Å². The third-order valence-electron chi connectivity index (χ3n) is 2.12. The van der Waals surface area contributed by atoms with Gasteiger partial charge in [-0.1, -0.05) is 29.6 Å². The summed E-state index contributed by atoms with van der Waals surface area (Å²) in [5, 5.41) is 0.173. The maximum Gasteiger partial charge on any atom is 0.153 e. The van der Waals surface area contributed by atoms with Crippen LogP contribution >= 0.6 is 23.5 Å². The summed E-state index contributed by atoms with van der Waals surface area (Å²) in [7, 11) is -2.81. The molecule has 1 saturated heterocycles. The van der Waals surface area contributed by atoms with E-state index < -0.39 is 9.84 Å². The van der Waals surface area contributed by atoms with Crippen molar-refractivity contribution in [3.63, 3.8) is 0 Å². The van der Waals surface area contributed by atoms with E-state index in [1.165, 1.54) is 0 Å². The third-order valence-corrected chi connectivity index (χ3v) is 6.54. The van der Waals surface area contributed by atoms with Gasteiger partial charge in [-0.15, -0.1) is 6.58 Å². The normalized spacial score (nSPS) is 33.9. The van der Waals surface area contributed by atoms with Crippen LogP contribution in [-0.4, -0.2) is 41.3 Å². The van der Waals surface area contributed by atoms with Gasteiger partial charge in [-0.2, -0.15) is 0 Å². The zero-order valence-electron chi connectivity index (χ0n) is 7.55. The summed E-state index contributed by atoms with van der Waals surface area (Å²) in [5.74, 6) is 1.38. The topological polar surface area (TPSA) is 46.5 Å². The highest BCUT2D eigenvalue weighted by atomic mass is 32.2. The minimum atomic E-state index is -2.81. The molecule has 0 aromatic rings. The molecule has 0 bridgehead atoms. The number of hydrogen-bond donors (Lipinski definition) is 0. The van der Waals surface area contributed by atoms with Crippen LogP contribution in [0.1, 0.15) is 0 Å². The van der Waals surface area contributed by atoms with Crippen LogP contribution in [0.5, 0.6) is 0 Å². The van der Waals surface area contributed by atoms with E-state index in [0.717, 1.165) is 10.1 Å². The number of aliphatic imine (C=N–C) groups is 1. The van der Waals surface area contributed by atoms with Crippen LogP contribution in [0.15, 0.2) is 17.6 Å². The van der Waals surface area contributed by atoms with Gasteiger partial charge in [0, 0.05) is 11.0 Å². The predicted molar refractivity (Wildman–Crippen MR) is 63.9 cm³/mol. The van der Waals surface area contributed by atoms with E-state index in [9.17, 15) is 8.42 Å². The standard InChI is InChI=1S/C8H11NO2S3/c1-2-3-12-8-9-6-4-14(10,11)5-7(6)13-8/h2,6-7H,1,3-5H2/t6-,7+/m0/s1. The fourth-order valence-electron chi connectivity index (χ4n) is 1.53. The quantitative estimate of drug-likeness (QED) is 0.689. The Hall–Kier alpha value is 0.0600. The van der Waals surface area contributed by atoms with Gasteiger partial charge < -0.3 is 0 Å². The van der Waals surface area contributed by atoms with Crippen molar-refractivity contribution < 1.29 is 8.42 Å². The maximum absolute atomic E-state index is 11.3. The molecule has 0 aliphatic carbocycles. The number of thioether (sulfide) groups is 2. The van der Waals surface area contributed by atoms with Crippen LogP contribution in [0.25, 0.3) is 0 Å². The van der Waals surface area contributed by atoms with Crippen LogP contribution in [0, 0.1) is 0 Å². The number of fused-ring (bicyclic) bond motifs is 1. The summed E-state index contributed by atoms with van der Waals surface area (Å²) in [6, 6.07) is 0.0114. The van der Waals surface area contributed by atoms with Crippen LogP contribution in [0.2, 0.25) is 0 Å². The van der Waals surface area contributed by atoms with Gasteiger partial charge in [-0.05, 0) is 0 Å². The molecule has 6 heteroatoms. The largest absolute Gasteiger partial charge is 0.266 e. The van der Waals surface area contributed by atoms with Crippen molar-refractivity contribution in [3.8, 4) is 0 Å². The molecule has 2 aliphatic rings. The van der Waals surface area contributed by atoms with Gasteiger partial charge in [0.1, 0.15) is 4.38 Å². The van der Waals surface area contributed by atoms with E-state index in [1.54, 1.807) is 23.5 Å². The van der Waals surface area contributed by atoms with E-state index in [1.807, 2.05) is 6.08 Å². The zero-order chi connectivity index (χ0) is 10.2. The van der Waals surface area contributed by atoms with Crippen molar-refractivity contribution >= 4 is 37.7 Å². The Kier molecular flexibility index (Phi) is 2.95. The first-order valence-electron chi connectivity index (χ1n) is 4.29. The Bertz CT molecular complexity index is 374. The van der Waals surface area contributed by atoms with Crippen molar-refractivity contribution in [2.45, 2.75) is 11.3 Å². The lowest BCUT2D eigenvalue weighted by Crippen LogP contribution is -2.12. The number of nitrogens with zero attached hydrogens (tertiary/aromatic N) is 1. The lowest BCUT2D eigenvalue weighted by Gasteiger charge is -2.00. The first-order chi connectivity index (χ1) is 6.61. The monoisotopic (exact) mass is 249 g/mol. The molecule has 78 valence electrons. The van der Waals surface area contributed by atoms with E-state index in [0.29, 0.717) is 5.75 Å². The Morgan fingerprint density at radius 3 is 3.07 bits per heavy atom. The molecule has 0 aromatic heterocycles. The fourth-order valence-corrected chi connectivity index (χ4v) is 6.32. The minimum absolute atomic E-state index is 0.0114. The first kappa shape index (κ1) is 10.6. The Morgan fingerprint density at radius 1 is 1.64 bits per heavy atom. The van der Waals surface area contributed by atoms with Crippen LogP contribution in [-0.2, 0) is 9.84 Å². The summed E-state index contributed by atoms with van der Waals surface area (Å²) in [5.41, 5.74) is 0. The zero-order valence-corrected chi connectivity index (χ0v) is 10.00. The Labute approximate surface area is 92.4 Å². The van der Waals surface area contributed by atoms with Crippen molar-refractivity contribution in [1.29, 1.82) is 0 Å². The number of sulfone groups is 1. The lowest BCUT2D eigenvalue weighted by molar-refractivity contribution is 0.601. The highest BCUT2D eigenvalue weighted by Crippen LogP contribution is 2.37. The minimum Gasteiger partial charge on any atom is -0.266 e. The summed E-state index contributed by atoms with van der Waals surface area (Å²) in [4.78, 5) is 4.40. The summed E-state index contributed by atoms with van der Waals surface area (Å²) in [6.07, 6.45) is 1.83. The smallest absolute Gasteiger partial charge is 0.153 e. The molecular formula is C8H11NO2S3. The Balaban J connectivity index is 2.01. The third kappa shape index (κ3) is 2.17. The molecule has 0 unspecified atom stereocenters. The van der Waals surface area contributed by atoms with Crippen molar-refractivity contribution in [2.24, 2.45) is 4.99 Å². The van der Waals surface area contributed by atoms with Gasteiger partial charge in [0.25, 0.3) is 0 Å². The van der Waals surface area contributed by atoms with Crippen molar-refractivity contribution in [2.75, 3.05) is 17.3 Å². The molecule has 14 heavy (non-hydrogen) atoms. The van der Waals surface area contributed by atoms with E-state index in [4.69, 9.17) is 0 Å². The number of hydrogen-bond acceptors (Lipinski definition) is 5. The lowest BCUT2D eigenvalue weighted by atomic mass is 10.3. The maximum atomic E-state index is 11.3. The molecule has 3 nitrogen and oxygen atoms in total. The second kappa shape index (κ2) is 3.90. The van der Waals surface area contributed by atoms with E-state index in [-0.39, 0.29) is 17.0 Å². The molecule has 2 heterocycles. The molecule has 0 radical (unpaired) electrons. The van der Waals surface area contributed by atoms with Crippen LogP contribution in [0.3, 0.4) is 0 Å². The molecule has 2 aliphatic heterocycles. The molecule has 0 saturated carbocycles. The van der Waals surface area contributed by atoms with E-state index in [2.05, 4.69) is 11.6 Å². The summed E-state index contributed by atoms with van der Waals surface area (Å²) < 4.78 is 23.5. The number of rotatable bonds is 2. The molecule has 2 atom stereocenters. The molecular weight excluding hydrogens is 238 g/mol. The summed E-state index contributed by atoms with van der Waals surface area (Å²) in [6.45, 7) is 3.64. The highest BCUT2D eigenvalue weighted by molar-refractivity contribution is 8.39. The first-order valence-corrected chi connectivity index (χ1v) is 7.98. The molecule has 0 spiro atoms. The average molecular weight is 249 g/mol. The van der Waals surface area contributed by atoms with Gasteiger partial charge in [0.15, 0.2) is 9.84 Å². The van der Waals surface area contributed by atoms with Crippen LogP contribution in [0.4, 0.5) is 0 Å². The molecule has 0 aromatic carbocycles. The molecule has 2 rings (SSSR count). The summed E-state index contributed by atoms with van der Waals surface area (Å²) >= 11 is 3.25. The SMILES string of the molecule is C=CCSC1=N[C@H]2CS(=O)(=O)C[C@H]2S1. The molecule has 0 amide bonds. The van der Waals surface area contributed by atoms with Crippen LogP contribution < -0.4 is 0 Å². The average Bonchev–Trinajstić information content (AvgIpc) is 2.53. The van der Waals surface area contributed by atoms with E-state index >= 15 is 0 Å². The Morgan fingerprint density at radius 2 is 2.43 bits per heavy atom. The fraction of sp³-hybridized carbons (Fsp3) is 0.625. The van der Waals surface area contributed by atoms with Gasteiger partial charge >= 0.3 is 0 Å².